The molecule has 2 amide bonds. The van der Waals surface area contributed by atoms with E-state index in [0.29, 0.717) is 27.5 Å². The highest BCUT2D eigenvalue weighted by Gasteiger charge is 2.26. The van der Waals surface area contributed by atoms with Crippen LogP contribution in [0.15, 0.2) is 41.4 Å². The van der Waals surface area contributed by atoms with Crippen LogP contribution in [0, 0.1) is 18.3 Å². The molecule has 0 aliphatic carbocycles. The van der Waals surface area contributed by atoms with Crippen molar-refractivity contribution in [3.8, 4) is 6.07 Å². The molecule has 0 bridgehead atoms. The molecule has 144 valence electrons. The van der Waals surface area contributed by atoms with Crippen LogP contribution in [0.3, 0.4) is 0 Å². The van der Waals surface area contributed by atoms with E-state index >= 15 is 0 Å². The number of nitriles is 1. The maximum Gasteiger partial charge on any atom is 0.257 e. The number of thioether (sulfide) groups is 1. The first-order chi connectivity index (χ1) is 13.5. The van der Waals surface area contributed by atoms with Crippen molar-refractivity contribution in [1.29, 1.82) is 5.26 Å². The number of nitrogens with one attached hydrogen (secondary N) is 1. The number of para-hydroxylation sites is 1. The number of anilines is 1. The van der Waals surface area contributed by atoms with Crippen molar-refractivity contribution in [2.24, 2.45) is 0 Å². The Morgan fingerprint density at radius 2 is 1.93 bits per heavy atom. The van der Waals surface area contributed by atoms with Crippen molar-refractivity contribution in [2.45, 2.75) is 37.0 Å². The van der Waals surface area contributed by atoms with Crippen molar-refractivity contribution >= 4 is 29.3 Å². The number of hydrogen-bond acceptors (Lipinski definition) is 5. The topological polar surface area (TPSA) is 86.1 Å². The van der Waals surface area contributed by atoms with Gasteiger partial charge in [0.2, 0.25) is 5.91 Å². The Labute approximate surface area is 169 Å². The Kier molecular flexibility index (Phi) is 6.32. The molecule has 3 rings (SSSR count). The molecule has 1 atom stereocenters. The van der Waals surface area contributed by atoms with Crippen LogP contribution in [0.25, 0.3) is 0 Å². The number of aromatic nitrogens is 1. The molecule has 28 heavy (non-hydrogen) atoms. The van der Waals surface area contributed by atoms with Gasteiger partial charge in [0.1, 0.15) is 11.1 Å². The third kappa shape index (κ3) is 4.52. The van der Waals surface area contributed by atoms with Crippen LogP contribution in [0.4, 0.5) is 5.69 Å². The molecule has 1 fully saturated rings. The molecular formula is C21H22N4O2S. The molecule has 1 aromatic carbocycles. The fourth-order valence-electron chi connectivity index (χ4n) is 3.12. The Bertz CT molecular complexity index is 918. The lowest BCUT2D eigenvalue weighted by molar-refractivity contribution is -0.129. The molecule has 2 heterocycles. The average Bonchev–Trinajstić information content (AvgIpc) is 3.23. The van der Waals surface area contributed by atoms with Crippen molar-refractivity contribution in [1.82, 2.24) is 9.88 Å². The summed E-state index contributed by atoms with van der Waals surface area (Å²) in [5.41, 5.74) is 1.85. The third-order valence-corrected chi connectivity index (χ3v) is 5.72. The maximum atomic E-state index is 12.6. The molecule has 6 nitrogen and oxygen atoms in total. The first-order valence-electron chi connectivity index (χ1n) is 9.23. The summed E-state index contributed by atoms with van der Waals surface area (Å²) in [6.45, 7) is 5.15. The van der Waals surface area contributed by atoms with Gasteiger partial charge in [-0.05, 0) is 44.9 Å². The maximum absolute atomic E-state index is 12.6. The van der Waals surface area contributed by atoms with Gasteiger partial charge in [0.25, 0.3) is 5.91 Å². The molecule has 0 saturated carbocycles. The van der Waals surface area contributed by atoms with Crippen LogP contribution in [0.2, 0.25) is 0 Å². The van der Waals surface area contributed by atoms with Gasteiger partial charge in [-0.3, -0.25) is 9.59 Å². The van der Waals surface area contributed by atoms with Gasteiger partial charge in [-0.2, -0.15) is 5.26 Å². The van der Waals surface area contributed by atoms with Gasteiger partial charge in [-0.25, -0.2) is 4.98 Å². The Morgan fingerprint density at radius 1 is 1.25 bits per heavy atom. The molecule has 7 heteroatoms. The standard InChI is InChI=1S/C21H22N4O2S/c1-14-18(19(26)24-17-8-4-3-5-9-17)12-16(13-22)20(23-14)28-15(2)21(27)25-10-6-7-11-25/h3-5,8-9,12,15H,6-7,10-11H2,1-2H3,(H,24,26). The third-order valence-electron chi connectivity index (χ3n) is 4.63. The molecule has 1 saturated heterocycles. The van der Waals surface area contributed by atoms with E-state index in [0.717, 1.165) is 25.9 Å². The number of rotatable bonds is 5. The number of likely N-dealkylation sites (tertiary alicyclic amines) is 1. The van der Waals surface area contributed by atoms with Crippen molar-refractivity contribution in [2.75, 3.05) is 18.4 Å². The number of hydrogen-bond donors (Lipinski definition) is 1. The van der Waals surface area contributed by atoms with Gasteiger partial charge >= 0.3 is 0 Å². The Balaban J connectivity index is 1.78. The predicted molar refractivity (Wildman–Crippen MR) is 109 cm³/mol. The van der Waals surface area contributed by atoms with E-state index in [1.807, 2.05) is 30.0 Å². The number of aryl methyl sites for hydroxylation is 1. The van der Waals surface area contributed by atoms with Crippen molar-refractivity contribution < 1.29 is 9.59 Å². The summed E-state index contributed by atoms with van der Waals surface area (Å²) in [6, 6.07) is 12.8. The summed E-state index contributed by atoms with van der Waals surface area (Å²) in [7, 11) is 0. The molecule has 2 aromatic rings. The molecule has 0 radical (unpaired) electrons. The largest absolute Gasteiger partial charge is 0.342 e. The minimum Gasteiger partial charge on any atom is -0.342 e. The van der Waals surface area contributed by atoms with Gasteiger partial charge in [-0.15, -0.1) is 0 Å². The van der Waals surface area contributed by atoms with E-state index in [2.05, 4.69) is 16.4 Å². The van der Waals surface area contributed by atoms with Crippen molar-refractivity contribution in [3.05, 3.63) is 53.2 Å². The molecule has 0 spiro atoms. The van der Waals surface area contributed by atoms with Crippen LogP contribution < -0.4 is 5.32 Å². The summed E-state index contributed by atoms with van der Waals surface area (Å²) in [6.07, 6.45) is 2.07. The van der Waals surface area contributed by atoms with Gasteiger partial charge in [-0.1, -0.05) is 30.0 Å². The fraction of sp³-hybridized carbons (Fsp3) is 0.333. The molecule has 1 aliphatic heterocycles. The van der Waals surface area contributed by atoms with Gasteiger partial charge < -0.3 is 10.2 Å². The molecule has 1 N–H and O–H groups in total. The summed E-state index contributed by atoms with van der Waals surface area (Å²) < 4.78 is 0. The molecular weight excluding hydrogens is 372 g/mol. The van der Waals surface area contributed by atoms with Crippen LogP contribution in [-0.4, -0.2) is 40.0 Å². The number of carbonyl (C=O) groups excluding carboxylic acids is 2. The summed E-state index contributed by atoms with van der Waals surface area (Å²) in [5.74, 6) is -0.248. The second-order valence-electron chi connectivity index (χ2n) is 6.70. The number of amides is 2. The zero-order valence-corrected chi connectivity index (χ0v) is 16.8. The van der Waals surface area contributed by atoms with E-state index in [-0.39, 0.29) is 17.1 Å². The van der Waals surface area contributed by atoms with E-state index in [9.17, 15) is 14.9 Å². The van der Waals surface area contributed by atoms with Crippen LogP contribution >= 0.6 is 11.8 Å². The first kappa shape index (κ1) is 19.9. The lowest BCUT2D eigenvalue weighted by atomic mass is 10.1. The number of pyridine rings is 1. The highest BCUT2D eigenvalue weighted by atomic mass is 32.2. The summed E-state index contributed by atoms with van der Waals surface area (Å²) >= 11 is 1.27. The zero-order chi connectivity index (χ0) is 20.1. The van der Waals surface area contributed by atoms with E-state index < -0.39 is 0 Å². The number of benzene rings is 1. The predicted octanol–water partition coefficient (Wildman–Crippen LogP) is 3.62. The minimum atomic E-state index is -0.332. The highest BCUT2D eigenvalue weighted by molar-refractivity contribution is 8.00. The van der Waals surface area contributed by atoms with Gasteiger partial charge in [0.15, 0.2) is 0 Å². The summed E-state index contributed by atoms with van der Waals surface area (Å²) in [4.78, 5) is 31.5. The minimum absolute atomic E-state index is 0.0664. The Morgan fingerprint density at radius 3 is 2.57 bits per heavy atom. The van der Waals surface area contributed by atoms with Gasteiger partial charge in [0.05, 0.1) is 22.1 Å². The molecule has 1 unspecified atom stereocenters. The Hall–Kier alpha value is -2.85. The van der Waals surface area contributed by atoms with Crippen LogP contribution in [0.5, 0.6) is 0 Å². The van der Waals surface area contributed by atoms with Gasteiger partial charge in [0, 0.05) is 18.8 Å². The van der Waals surface area contributed by atoms with E-state index in [1.165, 1.54) is 11.8 Å². The lowest BCUT2D eigenvalue weighted by Crippen LogP contribution is -2.34. The highest BCUT2D eigenvalue weighted by Crippen LogP contribution is 2.28. The molecule has 1 aliphatic rings. The smallest absolute Gasteiger partial charge is 0.257 e. The van der Waals surface area contributed by atoms with Crippen LogP contribution in [0.1, 0.15) is 41.4 Å². The van der Waals surface area contributed by atoms with Crippen molar-refractivity contribution in [3.63, 3.8) is 0 Å². The quantitative estimate of drug-likeness (QED) is 0.783. The lowest BCUT2D eigenvalue weighted by Gasteiger charge is -2.20. The number of nitrogens with zero attached hydrogens (tertiary/aromatic N) is 3. The normalized spacial score (nSPS) is 14.4. The van der Waals surface area contributed by atoms with Crippen LogP contribution in [-0.2, 0) is 4.79 Å². The first-order valence-corrected chi connectivity index (χ1v) is 10.1. The number of carbonyl (C=O) groups is 2. The molecule has 1 aromatic heterocycles. The zero-order valence-electron chi connectivity index (χ0n) is 15.9. The average molecular weight is 395 g/mol. The monoisotopic (exact) mass is 394 g/mol. The second-order valence-corrected chi connectivity index (χ2v) is 8.03. The summed E-state index contributed by atoms with van der Waals surface area (Å²) in [5, 5.41) is 12.5. The van der Waals surface area contributed by atoms with E-state index in [4.69, 9.17) is 0 Å². The second kappa shape index (κ2) is 8.89. The SMILES string of the molecule is Cc1nc(SC(C)C(=O)N2CCCC2)c(C#N)cc1C(=O)Nc1ccccc1. The fourth-order valence-corrected chi connectivity index (χ4v) is 4.12. The van der Waals surface area contributed by atoms with E-state index in [1.54, 1.807) is 25.1 Å².